The van der Waals surface area contributed by atoms with Crippen molar-refractivity contribution in [3.8, 4) is 0 Å². The molecule has 3 atom stereocenters. The van der Waals surface area contributed by atoms with Gasteiger partial charge in [-0.05, 0) is 49.4 Å². The number of hydrogen-bond donors (Lipinski definition) is 1. The van der Waals surface area contributed by atoms with Gasteiger partial charge in [0.05, 0.1) is 0 Å². The summed E-state index contributed by atoms with van der Waals surface area (Å²) in [6, 6.07) is 7.10. The van der Waals surface area contributed by atoms with E-state index in [4.69, 9.17) is 0 Å². The van der Waals surface area contributed by atoms with Gasteiger partial charge in [0.1, 0.15) is 0 Å². The van der Waals surface area contributed by atoms with Gasteiger partial charge in [0.2, 0.25) is 0 Å². The minimum Gasteiger partial charge on any atom is -0.371 e. The van der Waals surface area contributed by atoms with E-state index >= 15 is 0 Å². The van der Waals surface area contributed by atoms with Crippen LogP contribution in [-0.4, -0.2) is 19.6 Å². The maximum Gasteiger partial charge on any atom is 0.0426 e. The zero-order valence-corrected chi connectivity index (χ0v) is 14.7. The number of nitrogens with zero attached hydrogens (tertiary/aromatic N) is 1. The molecule has 0 radical (unpaired) electrons. The molecule has 1 saturated heterocycles. The number of rotatable bonds is 4. The predicted molar refractivity (Wildman–Crippen MR) is 91.4 cm³/mol. The summed E-state index contributed by atoms with van der Waals surface area (Å²) < 4.78 is 1.17. The van der Waals surface area contributed by atoms with Gasteiger partial charge in [0.25, 0.3) is 0 Å². The SMILES string of the molecule is CCNC(C)c1ccc(Br)cc1N1CCC(C)C(C)C1. The van der Waals surface area contributed by atoms with Crippen LogP contribution in [-0.2, 0) is 0 Å². The van der Waals surface area contributed by atoms with Crippen LogP contribution in [0.25, 0.3) is 0 Å². The van der Waals surface area contributed by atoms with Gasteiger partial charge in [-0.15, -0.1) is 0 Å². The monoisotopic (exact) mass is 338 g/mol. The summed E-state index contributed by atoms with van der Waals surface area (Å²) in [6.07, 6.45) is 1.29. The second kappa shape index (κ2) is 6.95. The Labute approximate surface area is 132 Å². The standard InChI is InChI=1S/C17H27BrN2/c1-5-19-14(4)16-7-6-15(18)10-17(16)20-9-8-12(2)13(3)11-20/h6-7,10,12-14,19H,5,8-9,11H2,1-4H3. The van der Waals surface area contributed by atoms with Crippen LogP contribution in [0.15, 0.2) is 22.7 Å². The molecule has 0 spiro atoms. The molecular formula is C17H27BrN2. The van der Waals surface area contributed by atoms with E-state index in [0.29, 0.717) is 6.04 Å². The van der Waals surface area contributed by atoms with Gasteiger partial charge in [-0.1, -0.05) is 42.8 Å². The summed E-state index contributed by atoms with van der Waals surface area (Å²) in [5.41, 5.74) is 2.81. The number of nitrogens with one attached hydrogen (secondary N) is 1. The highest BCUT2D eigenvalue weighted by molar-refractivity contribution is 9.10. The second-order valence-corrected chi connectivity index (χ2v) is 7.09. The minimum absolute atomic E-state index is 0.401. The average Bonchev–Trinajstić information content (AvgIpc) is 2.42. The molecule has 1 aromatic carbocycles. The highest BCUT2D eigenvalue weighted by Crippen LogP contribution is 2.34. The van der Waals surface area contributed by atoms with Crippen molar-refractivity contribution in [2.45, 2.75) is 40.2 Å². The summed E-state index contributed by atoms with van der Waals surface area (Å²) >= 11 is 3.63. The van der Waals surface area contributed by atoms with Gasteiger partial charge in [0, 0.05) is 29.3 Å². The maximum absolute atomic E-state index is 3.63. The summed E-state index contributed by atoms with van der Waals surface area (Å²) in [6.45, 7) is 12.5. The molecule has 1 aromatic rings. The normalized spacial score (nSPS) is 24.8. The fourth-order valence-corrected chi connectivity index (χ4v) is 3.40. The van der Waals surface area contributed by atoms with Crippen LogP contribution in [0.4, 0.5) is 5.69 Å². The Morgan fingerprint density at radius 3 is 2.75 bits per heavy atom. The second-order valence-electron chi connectivity index (χ2n) is 6.17. The van der Waals surface area contributed by atoms with E-state index in [1.165, 1.54) is 35.2 Å². The van der Waals surface area contributed by atoms with Crippen molar-refractivity contribution < 1.29 is 0 Å². The minimum atomic E-state index is 0.401. The molecule has 2 rings (SSSR count). The molecular weight excluding hydrogens is 312 g/mol. The Balaban J connectivity index is 2.27. The van der Waals surface area contributed by atoms with Crippen LogP contribution in [0.3, 0.4) is 0 Å². The molecule has 3 heteroatoms. The lowest BCUT2D eigenvalue weighted by Gasteiger charge is -2.38. The molecule has 1 N–H and O–H groups in total. The van der Waals surface area contributed by atoms with Crippen LogP contribution >= 0.6 is 15.9 Å². The highest BCUT2D eigenvalue weighted by Gasteiger charge is 2.25. The lowest BCUT2D eigenvalue weighted by molar-refractivity contribution is 0.323. The molecule has 1 aliphatic heterocycles. The fourth-order valence-electron chi connectivity index (χ4n) is 3.05. The number of anilines is 1. The number of hydrogen-bond acceptors (Lipinski definition) is 2. The van der Waals surface area contributed by atoms with Gasteiger partial charge in [-0.25, -0.2) is 0 Å². The third-order valence-corrected chi connectivity index (χ3v) is 5.14. The van der Waals surface area contributed by atoms with Gasteiger partial charge >= 0.3 is 0 Å². The van der Waals surface area contributed by atoms with E-state index in [-0.39, 0.29) is 0 Å². The van der Waals surface area contributed by atoms with Gasteiger partial charge < -0.3 is 10.2 Å². The van der Waals surface area contributed by atoms with Crippen molar-refractivity contribution >= 4 is 21.6 Å². The highest BCUT2D eigenvalue weighted by atomic mass is 79.9. The third kappa shape index (κ3) is 3.56. The van der Waals surface area contributed by atoms with E-state index in [0.717, 1.165) is 18.4 Å². The Bertz CT molecular complexity index is 447. The molecule has 0 aliphatic carbocycles. The molecule has 112 valence electrons. The lowest BCUT2D eigenvalue weighted by atomic mass is 9.88. The Morgan fingerprint density at radius 1 is 1.35 bits per heavy atom. The summed E-state index contributed by atoms with van der Waals surface area (Å²) in [5.74, 6) is 1.61. The summed E-state index contributed by atoms with van der Waals surface area (Å²) in [5, 5.41) is 3.54. The molecule has 3 unspecified atom stereocenters. The smallest absolute Gasteiger partial charge is 0.0426 e. The first-order chi connectivity index (χ1) is 9.52. The van der Waals surface area contributed by atoms with Crippen molar-refractivity contribution in [2.75, 3.05) is 24.5 Å². The van der Waals surface area contributed by atoms with E-state index in [2.05, 4.69) is 72.0 Å². The summed E-state index contributed by atoms with van der Waals surface area (Å²) in [4.78, 5) is 2.57. The van der Waals surface area contributed by atoms with Crippen molar-refractivity contribution in [3.63, 3.8) is 0 Å². The number of benzene rings is 1. The quantitative estimate of drug-likeness (QED) is 0.862. The lowest BCUT2D eigenvalue weighted by Crippen LogP contribution is -2.39. The first kappa shape index (κ1) is 15.8. The van der Waals surface area contributed by atoms with E-state index in [1.54, 1.807) is 0 Å². The molecule has 1 heterocycles. The van der Waals surface area contributed by atoms with Crippen LogP contribution in [0, 0.1) is 11.8 Å². The molecule has 1 fully saturated rings. The largest absolute Gasteiger partial charge is 0.371 e. The molecule has 0 amide bonds. The van der Waals surface area contributed by atoms with E-state index < -0.39 is 0 Å². The van der Waals surface area contributed by atoms with E-state index in [9.17, 15) is 0 Å². The van der Waals surface area contributed by atoms with Crippen molar-refractivity contribution in [1.82, 2.24) is 5.32 Å². The number of piperidine rings is 1. The zero-order valence-electron chi connectivity index (χ0n) is 13.1. The van der Waals surface area contributed by atoms with Gasteiger partial charge in [-0.2, -0.15) is 0 Å². The van der Waals surface area contributed by atoms with Crippen LogP contribution < -0.4 is 10.2 Å². The van der Waals surface area contributed by atoms with Crippen molar-refractivity contribution in [3.05, 3.63) is 28.2 Å². The summed E-state index contributed by atoms with van der Waals surface area (Å²) in [7, 11) is 0. The average molecular weight is 339 g/mol. The predicted octanol–water partition coefficient (Wildman–Crippen LogP) is 4.60. The van der Waals surface area contributed by atoms with Crippen LogP contribution in [0.2, 0.25) is 0 Å². The molecule has 0 bridgehead atoms. The third-order valence-electron chi connectivity index (χ3n) is 4.64. The zero-order chi connectivity index (χ0) is 14.7. The molecule has 0 aromatic heterocycles. The van der Waals surface area contributed by atoms with Gasteiger partial charge in [-0.3, -0.25) is 0 Å². The molecule has 20 heavy (non-hydrogen) atoms. The molecule has 1 aliphatic rings. The van der Waals surface area contributed by atoms with Crippen LogP contribution in [0.5, 0.6) is 0 Å². The first-order valence-corrected chi connectivity index (χ1v) is 8.60. The van der Waals surface area contributed by atoms with Crippen LogP contribution in [0.1, 0.15) is 45.7 Å². The Morgan fingerprint density at radius 2 is 2.10 bits per heavy atom. The Kier molecular flexibility index (Phi) is 5.50. The van der Waals surface area contributed by atoms with Crippen molar-refractivity contribution in [1.29, 1.82) is 0 Å². The first-order valence-electron chi connectivity index (χ1n) is 7.80. The topological polar surface area (TPSA) is 15.3 Å². The van der Waals surface area contributed by atoms with E-state index in [1.807, 2.05) is 0 Å². The molecule has 0 saturated carbocycles. The van der Waals surface area contributed by atoms with Gasteiger partial charge in [0.15, 0.2) is 0 Å². The van der Waals surface area contributed by atoms with Crippen molar-refractivity contribution in [2.24, 2.45) is 11.8 Å². The number of halogens is 1. The fraction of sp³-hybridized carbons (Fsp3) is 0.647. The maximum atomic E-state index is 3.63. The molecule has 2 nitrogen and oxygen atoms in total. The Hall–Kier alpha value is -0.540.